The van der Waals surface area contributed by atoms with Gasteiger partial charge in [-0.2, -0.15) is 5.26 Å². The Bertz CT molecular complexity index is 139. The van der Waals surface area contributed by atoms with Crippen molar-refractivity contribution in [1.29, 1.82) is 5.26 Å². The topological polar surface area (TPSA) is 23.8 Å². The quantitative estimate of drug-likeness (QED) is 0.593. The number of nitriles is 1. The summed E-state index contributed by atoms with van der Waals surface area (Å²) in [5, 5.41) is 8.55. The van der Waals surface area contributed by atoms with E-state index in [-0.39, 0.29) is 5.92 Å². The Labute approximate surface area is 69.4 Å². The van der Waals surface area contributed by atoms with Crippen molar-refractivity contribution in [2.75, 3.05) is 0 Å². The Morgan fingerprint density at radius 1 is 1.36 bits per heavy atom. The minimum Gasteiger partial charge on any atom is -0.198 e. The average Bonchev–Trinajstić information content (AvgIpc) is 2.06. The predicted molar refractivity (Wildman–Crippen MR) is 45.7 cm³/mol. The molecule has 0 amide bonds. The Morgan fingerprint density at radius 2 is 2.00 bits per heavy atom. The van der Waals surface area contributed by atoms with Crippen LogP contribution in [0.15, 0.2) is 0 Å². The third kappa shape index (κ3) is 2.93. The summed E-state index contributed by atoms with van der Waals surface area (Å²) < 4.78 is 0. The first kappa shape index (κ1) is 8.59. The number of hydrogen-bond acceptors (Lipinski definition) is 1. The Kier molecular flexibility index (Phi) is 3.42. The van der Waals surface area contributed by atoms with Gasteiger partial charge in [0, 0.05) is 5.92 Å². The molecule has 1 saturated carbocycles. The van der Waals surface area contributed by atoms with Crippen LogP contribution in [0.5, 0.6) is 0 Å². The van der Waals surface area contributed by atoms with Gasteiger partial charge in [0.1, 0.15) is 0 Å². The lowest BCUT2D eigenvalue weighted by Gasteiger charge is -2.21. The van der Waals surface area contributed by atoms with E-state index in [1.807, 2.05) is 0 Å². The monoisotopic (exact) mass is 150 g/mol. The van der Waals surface area contributed by atoms with Crippen LogP contribution >= 0.6 is 0 Å². The highest BCUT2D eigenvalue weighted by molar-refractivity contribution is 4.86. The third-order valence-corrected chi connectivity index (χ3v) is 2.53. The lowest BCUT2D eigenvalue weighted by molar-refractivity contribution is 0.325. The van der Waals surface area contributed by atoms with Gasteiger partial charge in [-0.3, -0.25) is 0 Å². The molecule has 1 aliphatic carbocycles. The molecular formula is C10H16N. The van der Waals surface area contributed by atoms with E-state index in [0.717, 1.165) is 12.3 Å². The summed E-state index contributed by atoms with van der Waals surface area (Å²) in [5.41, 5.74) is 0. The Hall–Kier alpha value is -0.510. The fourth-order valence-electron chi connectivity index (χ4n) is 1.88. The average molecular weight is 150 g/mol. The zero-order chi connectivity index (χ0) is 8.10. The molecule has 0 spiro atoms. The molecule has 0 aromatic rings. The van der Waals surface area contributed by atoms with Crippen LogP contribution in [0.1, 0.15) is 38.5 Å². The standard InChI is InChI=1S/C10H16N/c1-9(8-11)7-10-5-3-2-4-6-10/h9-10H,1-7H2. The van der Waals surface area contributed by atoms with Gasteiger partial charge in [-0.25, -0.2) is 0 Å². The highest BCUT2D eigenvalue weighted by Crippen LogP contribution is 2.28. The van der Waals surface area contributed by atoms with Gasteiger partial charge in [-0.15, -0.1) is 0 Å². The second-order valence-corrected chi connectivity index (χ2v) is 3.57. The first-order valence-corrected chi connectivity index (χ1v) is 4.55. The van der Waals surface area contributed by atoms with Crippen LogP contribution in [0, 0.1) is 30.1 Å². The molecule has 0 aromatic carbocycles. The van der Waals surface area contributed by atoms with Crippen molar-refractivity contribution >= 4 is 0 Å². The molecule has 1 unspecified atom stereocenters. The van der Waals surface area contributed by atoms with Crippen molar-refractivity contribution in [3.05, 3.63) is 6.92 Å². The second-order valence-electron chi connectivity index (χ2n) is 3.57. The maximum atomic E-state index is 8.55. The summed E-state index contributed by atoms with van der Waals surface area (Å²) in [5.74, 6) is 0.823. The summed E-state index contributed by atoms with van der Waals surface area (Å²) in [4.78, 5) is 0. The van der Waals surface area contributed by atoms with Gasteiger partial charge in [0.05, 0.1) is 6.07 Å². The van der Waals surface area contributed by atoms with E-state index in [2.05, 4.69) is 13.0 Å². The van der Waals surface area contributed by atoms with E-state index >= 15 is 0 Å². The normalized spacial score (nSPS) is 22.5. The molecule has 0 N–H and O–H groups in total. The Morgan fingerprint density at radius 3 is 2.55 bits per heavy atom. The van der Waals surface area contributed by atoms with Gasteiger partial charge in [-0.05, 0) is 19.3 Å². The number of rotatable bonds is 2. The van der Waals surface area contributed by atoms with Crippen LogP contribution < -0.4 is 0 Å². The lowest BCUT2D eigenvalue weighted by Crippen LogP contribution is -2.09. The smallest absolute Gasteiger partial charge is 0.0655 e. The van der Waals surface area contributed by atoms with E-state index in [0.29, 0.717) is 0 Å². The van der Waals surface area contributed by atoms with Crippen molar-refractivity contribution in [3.63, 3.8) is 0 Å². The van der Waals surface area contributed by atoms with Gasteiger partial charge in [0.2, 0.25) is 0 Å². The van der Waals surface area contributed by atoms with Gasteiger partial charge < -0.3 is 0 Å². The van der Waals surface area contributed by atoms with E-state index in [1.54, 1.807) is 0 Å². The minimum atomic E-state index is 0.0260. The highest BCUT2D eigenvalue weighted by atomic mass is 14.3. The maximum absolute atomic E-state index is 8.55. The SMILES string of the molecule is [CH2]C(C#N)CC1CCCCC1. The molecule has 0 heterocycles. The van der Waals surface area contributed by atoms with Gasteiger partial charge >= 0.3 is 0 Å². The number of nitrogens with zero attached hydrogens (tertiary/aromatic N) is 1. The molecular weight excluding hydrogens is 134 g/mol. The zero-order valence-corrected chi connectivity index (χ0v) is 7.05. The summed E-state index contributed by atoms with van der Waals surface area (Å²) in [6.45, 7) is 3.79. The zero-order valence-electron chi connectivity index (χ0n) is 7.05. The molecule has 0 bridgehead atoms. The molecule has 1 nitrogen and oxygen atoms in total. The summed E-state index contributed by atoms with van der Waals surface area (Å²) in [6.07, 6.45) is 7.80. The highest BCUT2D eigenvalue weighted by Gasteiger charge is 2.15. The van der Waals surface area contributed by atoms with Crippen LogP contribution in [-0.4, -0.2) is 0 Å². The van der Waals surface area contributed by atoms with E-state index in [9.17, 15) is 0 Å². The summed E-state index contributed by atoms with van der Waals surface area (Å²) in [7, 11) is 0. The second kappa shape index (κ2) is 4.38. The summed E-state index contributed by atoms with van der Waals surface area (Å²) >= 11 is 0. The van der Waals surface area contributed by atoms with E-state index in [4.69, 9.17) is 5.26 Å². The van der Waals surface area contributed by atoms with Crippen LogP contribution in [0.25, 0.3) is 0 Å². The van der Waals surface area contributed by atoms with Crippen molar-refractivity contribution in [2.24, 2.45) is 11.8 Å². The van der Waals surface area contributed by atoms with Gasteiger partial charge in [0.25, 0.3) is 0 Å². The van der Waals surface area contributed by atoms with Crippen LogP contribution in [-0.2, 0) is 0 Å². The first-order valence-electron chi connectivity index (χ1n) is 4.55. The van der Waals surface area contributed by atoms with Crippen LogP contribution in [0.4, 0.5) is 0 Å². The van der Waals surface area contributed by atoms with Crippen molar-refractivity contribution in [3.8, 4) is 6.07 Å². The third-order valence-electron chi connectivity index (χ3n) is 2.53. The first-order chi connectivity index (χ1) is 5.33. The molecule has 1 rings (SSSR count). The predicted octanol–water partition coefficient (Wildman–Crippen LogP) is 2.93. The summed E-state index contributed by atoms with van der Waals surface area (Å²) in [6, 6.07) is 2.20. The van der Waals surface area contributed by atoms with E-state index < -0.39 is 0 Å². The van der Waals surface area contributed by atoms with Crippen molar-refractivity contribution < 1.29 is 0 Å². The molecule has 0 aromatic heterocycles. The van der Waals surface area contributed by atoms with Crippen molar-refractivity contribution in [1.82, 2.24) is 0 Å². The molecule has 1 fully saturated rings. The van der Waals surface area contributed by atoms with Crippen LogP contribution in [0.3, 0.4) is 0 Å². The van der Waals surface area contributed by atoms with Crippen LogP contribution in [0.2, 0.25) is 0 Å². The lowest BCUT2D eigenvalue weighted by atomic mass is 9.84. The number of hydrogen-bond donors (Lipinski definition) is 0. The van der Waals surface area contributed by atoms with Crippen molar-refractivity contribution in [2.45, 2.75) is 38.5 Å². The van der Waals surface area contributed by atoms with Gasteiger partial charge in [0.15, 0.2) is 0 Å². The molecule has 0 saturated heterocycles. The molecule has 1 atom stereocenters. The molecule has 1 aliphatic rings. The van der Waals surface area contributed by atoms with Gasteiger partial charge in [-0.1, -0.05) is 32.1 Å². The maximum Gasteiger partial charge on any atom is 0.0655 e. The molecule has 61 valence electrons. The molecule has 11 heavy (non-hydrogen) atoms. The largest absolute Gasteiger partial charge is 0.198 e. The fraction of sp³-hybridized carbons (Fsp3) is 0.800. The molecule has 1 radical (unpaired) electrons. The fourth-order valence-corrected chi connectivity index (χ4v) is 1.88. The van der Waals surface area contributed by atoms with E-state index in [1.165, 1.54) is 32.1 Å². The molecule has 1 heteroatoms. The molecule has 0 aliphatic heterocycles. The minimum absolute atomic E-state index is 0.0260. The Balaban J connectivity index is 2.20.